The Morgan fingerprint density at radius 2 is 1.76 bits per heavy atom. The molecule has 1 saturated carbocycles. The lowest BCUT2D eigenvalue weighted by atomic mass is 9.49. The zero-order valence-electron chi connectivity index (χ0n) is 20.3. The van der Waals surface area contributed by atoms with Gasteiger partial charge in [0.25, 0.3) is 5.91 Å². The number of carbonyl (C=O) groups is 1. The Morgan fingerprint density at radius 3 is 2.35 bits per heavy atom. The number of carbonyl (C=O) groups excluding carboxylic acids is 1. The highest BCUT2D eigenvalue weighted by atomic mass is 35.5. The van der Waals surface area contributed by atoms with Crippen LogP contribution in [0.3, 0.4) is 0 Å². The van der Waals surface area contributed by atoms with Gasteiger partial charge in [0.1, 0.15) is 17.9 Å². The van der Waals surface area contributed by atoms with Gasteiger partial charge in [-0.3, -0.25) is 4.79 Å². The summed E-state index contributed by atoms with van der Waals surface area (Å²) in [5.74, 6) is 0.500. The third kappa shape index (κ3) is 5.48. The van der Waals surface area contributed by atoms with Crippen LogP contribution in [-0.2, 0) is 0 Å². The fourth-order valence-electron chi connectivity index (χ4n) is 5.20. The second-order valence-electron chi connectivity index (χ2n) is 10.1. The molecule has 7 heteroatoms. The van der Waals surface area contributed by atoms with Gasteiger partial charge in [-0.05, 0) is 55.7 Å². The van der Waals surface area contributed by atoms with Crippen molar-refractivity contribution in [1.82, 2.24) is 5.32 Å². The third-order valence-electron chi connectivity index (χ3n) is 6.74. The van der Waals surface area contributed by atoms with Crippen LogP contribution in [0.2, 0.25) is 5.02 Å². The lowest BCUT2D eigenvalue weighted by Gasteiger charge is -2.63. The van der Waals surface area contributed by atoms with Gasteiger partial charge < -0.3 is 20.5 Å². The smallest absolute Gasteiger partial charge is 0.251 e. The van der Waals surface area contributed by atoms with E-state index in [4.69, 9.17) is 26.7 Å². The zero-order chi connectivity index (χ0) is 24.9. The molecule has 0 spiro atoms. The van der Waals surface area contributed by atoms with Gasteiger partial charge in [0.15, 0.2) is 0 Å². The SMILES string of the molecule is CC1(C)[C@H](NC(=O)c2ccc(NCCCCCO)cc2)C(C)(C)[C@H]1Oc1ccc(C#N)c(Cl)c1. The van der Waals surface area contributed by atoms with Crippen LogP contribution in [0, 0.1) is 22.2 Å². The molecule has 1 fully saturated rings. The molecule has 0 saturated heterocycles. The summed E-state index contributed by atoms with van der Waals surface area (Å²) >= 11 is 6.17. The van der Waals surface area contributed by atoms with Gasteiger partial charge in [0, 0.05) is 47.3 Å². The normalized spacial score (nSPS) is 20.0. The van der Waals surface area contributed by atoms with Crippen LogP contribution < -0.4 is 15.4 Å². The number of nitriles is 1. The molecule has 0 aliphatic heterocycles. The minimum atomic E-state index is -0.310. The molecule has 3 N–H and O–H groups in total. The van der Waals surface area contributed by atoms with Gasteiger partial charge in [0.05, 0.1) is 10.6 Å². The van der Waals surface area contributed by atoms with E-state index >= 15 is 0 Å². The third-order valence-corrected chi connectivity index (χ3v) is 7.05. The van der Waals surface area contributed by atoms with Gasteiger partial charge in [-0.15, -0.1) is 0 Å². The van der Waals surface area contributed by atoms with E-state index in [0.717, 1.165) is 31.5 Å². The number of nitrogens with one attached hydrogen (secondary N) is 2. The molecule has 1 amide bonds. The maximum atomic E-state index is 13.0. The van der Waals surface area contributed by atoms with Crippen molar-refractivity contribution in [3.05, 3.63) is 58.6 Å². The molecule has 0 atom stereocenters. The van der Waals surface area contributed by atoms with E-state index in [9.17, 15) is 4.79 Å². The van der Waals surface area contributed by atoms with Crippen LogP contribution in [-0.4, -0.2) is 36.3 Å². The van der Waals surface area contributed by atoms with E-state index in [1.54, 1.807) is 18.2 Å². The summed E-state index contributed by atoms with van der Waals surface area (Å²) in [6.07, 6.45) is 2.65. The first-order chi connectivity index (χ1) is 16.1. The monoisotopic (exact) mass is 483 g/mol. The van der Waals surface area contributed by atoms with E-state index < -0.39 is 0 Å². The first kappa shape index (κ1) is 25.9. The molecule has 34 heavy (non-hydrogen) atoms. The summed E-state index contributed by atoms with van der Waals surface area (Å²) in [5, 5.41) is 24.8. The molecule has 0 heterocycles. The molecule has 182 valence electrons. The van der Waals surface area contributed by atoms with Gasteiger partial charge in [0.2, 0.25) is 0 Å². The molecule has 0 unspecified atom stereocenters. The van der Waals surface area contributed by atoms with E-state index in [1.165, 1.54) is 0 Å². The Labute approximate surface area is 207 Å². The number of benzene rings is 2. The Kier molecular flexibility index (Phi) is 8.12. The highest BCUT2D eigenvalue weighted by Crippen LogP contribution is 2.55. The number of nitrogens with zero attached hydrogens (tertiary/aromatic N) is 1. The van der Waals surface area contributed by atoms with Crippen LogP contribution in [0.1, 0.15) is 62.9 Å². The minimum absolute atomic E-state index is 0.0873. The number of ether oxygens (including phenoxy) is 1. The van der Waals surface area contributed by atoms with E-state index in [1.807, 2.05) is 24.3 Å². The fourth-order valence-corrected chi connectivity index (χ4v) is 5.41. The average Bonchev–Trinajstić information content (AvgIpc) is 2.81. The number of rotatable bonds is 10. The second-order valence-corrected chi connectivity index (χ2v) is 10.5. The van der Waals surface area contributed by atoms with Crippen LogP contribution in [0.25, 0.3) is 0 Å². The maximum Gasteiger partial charge on any atom is 0.251 e. The summed E-state index contributed by atoms with van der Waals surface area (Å²) in [6, 6.07) is 14.5. The summed E-state index contributed by atoms with van der Waals surface area (Å²) < 4.78 is 6.29. The van der Waals surface area contributed by atoms with Crippen molar-refractivity contribution in [1.29, 1.82) is 5.26 Å². The summed E-state index contributed by atoms with van der Waals surface area (Å²) in [7, 11) is 0. The molecule has 0 radical (unpaired) electrons. The number of anilines is 1. The molecule has 0 aromatic heterocycles. The van der Waals surface area contributed by atoms with Crippen molar-refractivity contribution in [3.63, 3.8) is 0 Å². The van der Waals surface area contributed by atoms with E-state index in [2.05, 4.69) is 44.4 Å². The van der Waals surface area contributed by atoms with Crippen LogP contribution in [0.4, 0.5) is 5.69 Å². The minimum Gasteiger partial charge on any atom is -0.489 e. The van der Waals surface area contributed by atoms with Crippen LogP contribution in [0.5, 0.6) is 5.75 Å². The first-order valence-electron chi connectivity index (χ1n) is 11.7. The van der Waals surface area contributed by atoms with Gasteiger partial charge in [-0.2, -0.15) is 5.26 Å². The zero-order valence-corrected chi connectivity index (χ0v) is 21.1. The Bertz CT molecular complexity index is 1030. The summed E-state index contributed by atoms with van der Waals surface area (Å²) in [4.78, 5) is 13.0. The maximum absolute atomic E-state index is 13.0. The topological polar surface area (TPSA) is 94.4 Å². The lowest BCUT2D eigenvalue weighted by molar-refractivity contribution is -0.164. The first-order valence-corrected chi connectivity index (χ1v) is 12.1. The molecular formula is C27H34ClN3O3. The average molecular weight is 484 g/mol. The number of aliphatic hydroxyl groups is 1. The van der Waals surface area contributed by atoms with Crippen molar-refractivity contribution in [2.24, 2.45) is 10.8 Å². The predicted molar refractivity (Wildman–Crippen MR) is 135 cm³/mol. The van der Waals surface area contributed by atoms with Gasteiger partial charge in [-0.25, -0.2) is 0 Å². The summed E-state index contributed by atoms with van der Waals surface area (Å²) in [6.45, 7) is 9.41. The van der Waals surface area contributed by atoms with Crippen molar-refractivity contribution in [3.8, 4) is 11.8 Å². The molecular weight excluding hydrogens is 450 g/mol. The van der Waals surface area contributed by atoms with Crippen molar-refractivity contribution in [2.75, 3.05) is 18.5 Å². The Morgan fingerprint density at radius 1 is 1.09 bits per heavy atom. The van der Waals surface area contributed by atoms with Gasteiger partial charge >= 0.3 is 0 Å². The van der Waals surface area contributed by atoms with Crippen molar-refractivity contribution in [2.45, 2.75) is 59.1 Å². The Hall–Kier alpha value is -2.75. The number of hydrogen-bond donors (Lipinski definition) is 3. The number of amides is 1. The predicted octanol–water partition coefficient (Wildman–Crippen LogP) is 5.40. The summed E-state index contributed by atoms with van der Waals surface area (Å²) in [5.41, 5.74) is 1.37. The largest absolute Gasteiger partial charge is 0.489 e. The molecule has 0 bridgehead atoms. The van der Waals surface area contributed by atoms with E-state index in [0.29, 0.717) is 21.9 Å². The Balaban J connectivity index is 1.60. The molecule has 6 nitrogen and oxygen atoms in total. The second kappa shape index (κ2) is 10.7. The molecule has 2 aromatic rings. The number of aliphatic hydroxyl groups excluding tert-OH is 1. The van der Waals surface area contributed by atoms with Gasteiger partial charge in [-0.1, -0.05) is 39.3 Å². The highest BCUT2D eigenvalue weighted by molar-refractivity contribution is 6.31. The molecule has 2 aromatic carbocycles. The number of halogens is 1. The lowest BCUT2D eigenvalue weighted by Crippen LogP contribution is -2.74. The quantitative estimate of drug-likeness (QED) is 0.393. The standard InChI is InChI=1S/C27H34ClN3O3/c1-26(2)24(27(3,4)25(26)34-21-13-10-19(17-29)22(28)16-21)31-23(33)18-8-11-20(12-9-18)30-14-6-5-7-15-32/h8-13,16,24-25,30,32H,5-7,14-15H2,1-4H3,(H,31,33)/t24-,25-. The molecule has 1 aliphatic rings. The van der Waals surface area contributed by atoms with Crippen molar-refractivity contribution >= 4 is 23.2 Å². The number of unbranched alkanes of at least 4 members (excludes halogenated alkanes) is 2. The van der Waals surface area contributed by atoms with Crippen LogP contribution >= 0.6 is 11.6 Å². The van der Waals surface area contributed by atoms with Crippen LogP contribution in [0.15, 0.2) is 42.5 Å². The number of hydrogen-bond acceptors (Lipinski definition) is 5. The molecule has 1 aliphatic carbocycles. The highest BCUT2D eigenvalue weighted by Gasteiger charge is 2.64. The van der Waals surface area contributed by atoms with E-state index in [-0.39, 0.29) is 35.5 Å². The molecule has 3 rings (SSSR count). The van der Waals surface area contributed by atoms with Crippen molar-refractivity contribution < 1.29 is 14.6 Å². The fraction of sp³-hybridized carbons (Fsp3) is 0.481.